The average Bonchev–Trinajstić information content (AvgIpc) is 2.86. The lowest BCUT2D eigenvalue weighted by atomic mass is 9.94. The molecule has 0 aliphatic rings. The molecule has 1 atom stereocenters. The summed E-state index contributed by atoms with van der Waals surface area (Å²) in [5.41, 5.74) is 6.39. The number of nitrogens with zero attached hydrogens (tertiary/aromatic N) is 2. The molecule has 0 fully saturated rings. The maximum Gasteiger partial charge on any atom is 0.227 e. The van der Waals surface area contributed by atoms with Gasteiger partial charge in [-0.25, -0.2) is 4.39 Å². The second-order valence-electron chi connectivity index (χ2n) is 5.46. The second-order valence-corrected chi connectivity index (χ2v) is 5.46. The Morgan fingerprint density at radius 2 is 2.15 bits per heavy atom. The molecule has 2 rings (SSSR count). The van der Waals surface area contributed by atoms with Crippen LogP contribution in [0.2, 0.25) is 0 Å². The Balaban J connectivity index is 2.09. The maximum atomic E-state index is 13.2. The summed E-state index contributed by atoms with van der Waals surface area (Å²) in [4.78, 5) is 4.32. The van der Waals surface area contributed by atoms with Crippen LogP contribution in [0, 0.1) is 17.7 Å². The normalized spacial score (nSPS) is 12.8. The molecule has 108 valence electrons. The van der Waals surface area contributed by atoms with Crippen molar-refractivity contribution >= 4 is 0 Å². The highest BCUT2D eigenvalue weighted by Gasteiger charge is 2.15. The third-order valence-corrected chi connectivity index (χ3v) is 3.15. The summed E-state index contributed by atoms with van der Waals surface area (Å²) in [5.74, 6) is 1.57. The summed E-state index contributed by atoms with van der Waals surface area (Å²) >= 11 is 0. The van der Waals surface area contributed by atoms with Gasteiger partial charge in [0.15, 0.2) is 0 Å². The zero-order valence-electron chi connectivity index (χ0n) is 11.8. The van der Waals surface area contributed by atoms with E-state index in [1.807, 2.05) is 0 Å². The van der Waals surface area contributed by atoms with E-state index in [1.54, 1.807) is 12.1 Å². The molecular weight excluding hydrogens is 257 g/mol. The van der Waals surface area contributed by atoms with E-state index in [2.05, 4.69) is 24.0 Å². The zero-order valence-corrected chi connectivity index (χ0v) is 11.8. The van der Waals surface area contributed by atoms with Gasteiger partial charge in [-0.3, -0.25) is 0 Å². The lowest BCUT2D eigenvalue weighted by molar-refractivity contribution is 0.332. The van der Waals surface area contributed by atoms with Crippen LogP contribution in [-0.4, -0.2) is 16.7 Å². The van der Waals surface area contributed by atoms with Gasteiger partial charge < -0.3 is 10.3 Å². The van der Waals surface area contributed by atoms with Crippen LogP contribution in [0.5, 0.6) is 0 Å². The van der Waals surface area contributed by atoms with E-state index in [0.717, 1.165) is 6.42 Å². The zero-order chi connectivity index (χ0) is 14.5. The van der Waals surface area contributed by atoms with E-state index >= 15 is 0 Å². The molecule has 0 amide bonds. The van der Waals surface area contributed by atoms with E-state index in [4.69, 9.17) is 10.3 Å². The van der Waals surface area contributed by atoms with Gasteiger partial charge >= 0.3 is 0 Å². The Hall–Kier alpha value is -1.75. The molecule has 0 unspecified atom stereocenters. The lowest BCUT2D eigenvalue weighted by Crippen LogP contribution is -2.19. The molecule has 0 aliphatic heterocycles. The predicted octanol–water partition coefficient (Wildman–Crippen LogP) is 3.04. The third kappa shape index (κ3) is 3.87. The molecule has 0 saturated heterocycles. The molecule has 1 aromatic carbocycles. The summed E-state index contributed by atoms with van der Waals surface area (Å²) in [6.45, 7) is 4.92. The Kier molecular flexibility index (Phi) is 4.84. The van der Waals surface area contributed by atoms with Gasteiger partial charge in [0, 0.05) is 12.0 Å². The summed E-state index contributed by atoms with van der Waals surface area (Å²) < 4.78 is 18.4. The van der Waals surface area contributed by atoms with Gasteiger partial charge in [-0.05, 0) is 36.9 Å². The maximum absolute atomic E-state index is 13.2. The molecule has 2 aromatic rings. The summed E-state index contributed by atoms with van der Waals surface area (Å²) in [7, 11) is 0. The quantitative estimate of drug-likeness (QED) is 0.881. The number of hydrogen-bond acceptors (Lipinski definition) is 4. The van der Waals surface area contributed by atoms with Gasteiger partial charge in [-0.2, -0.15) is 4.98 Å². The molecule has 0 aliphatic carbocycles. The van der Waals surface area contributed by atoms with E-state index in [1.165, 1.54) is 12.1 Å². The van der Waals surface area contributed by atoms with Crippen molar-refractivity contribution in [2.45, 2.75) is 26.7 Å². The van der Waals surface area contributed by atoms with Crippen molar-refractivity contribution < 1.29 is 8.91 Å². The van der Waals surface area contributed by atoms with Crippen LogP contribution < -0.4 is 5.73 Å². The van der Waals surface area contributed by atoms with Crippen LogP contribution in [0.25, 0.3) is 11.4 Å². The van der Waals surface area contributed by atoms with Crippen molar-refractivity contribution in [3.05, 3.63) is 36.0 Å². The first-order valence-corrected chi connectivity index (χ1v) is 6.87. The van der Waals surface area contributed by atoms with Gasteiger partial charge in [0.2, 0.25) is 11.7 Å². The minimum Gasteiger partial charge on any atom is -0.339 e. The molecule has 0 spiro atoms. The van der Waals surface area contributed by atoms with E-state index in [0.29, 0.717) is 42.1 Å². The van der Waals surface area contributed by atoms with Crippen LogP contribution in [0.4, 0.5) is 4.39 Å². The highest BCUT2D eigenvalue weighted by molar-refractivity contribution is 5.53. The summed E-state index contributed by atoms with van der Waals surface area (Å²) in [5, 5.41) is 3.90. The fourth-order valence-corrected chi connectivity index (χ4v) is 2.26. The van der Waals surface area contributed by atoms with Crippen molar-refractivity contribution in [2.24, 2.45) is 17.6 Å². The molecule has 4 nitrogen and oxygen atoms in total. The minimum absolute atomic E-state index is 0.312. The molecule has 1 aromatic heterocycles. The van der Waals surface area contributed by atoms with Crippen molar-refractivity contribution in [1.29, 1.82) is 0 Å². The topological polar surface area (TPSA) is 64.9 Å². The van der Waals surface area contributed by atoms with Gasteiger partial charge in [0.05, 0.1) is 0 Å². The fraction of sp³-hybridized carbons (Fsp3) is 0.467. The average molecular weight is 277 g/mol. The summed E-state index contributed by atoms with van der Waals surface area (Å²) in [6.07, 6.45) is 1.69. The SMILES string of the molecule is CC(C)C[C@H](CN)Cc1nc(-c2cccc(F)c2)no1. The smallest absolute Gasteiger partial charge is 0.227 e. The van der Waals surface area contributed by atoms with Crippen molar-refractivity contribution in [1.82, 2.24) is 10.1 Å². The highest BCUT2D eigenvalue weighted by Crippen LogP contribution is 2.20. The van der Waals surface area contributed by atoms with Gasteiger partial charge in [0.25, 0.3) is 0 Å². The molecule has 2 N–H and O–H groups in total. The Bertz CT molecular complexity index is 554. The molecule has 0 radical (unpaired) electrons. The lowest BCUT2D eigenvalue weighted by Gasteiger charge is -2.14. The van der Waals surface area contributed by atoms with Gasteiger partial charge in [-0.15, -0.1) is 0 Å². The standard InChI is InChI=1S/C15H20FN3O/c1-10(2)6-11(9-17)7-14-18-15(19-20-14)12-4-3-5-13(16)8-12/h3-5,8,10-11H,6-7,9,17H2,1-2H3/t11-/m0/s1. The van der Waals surface area contributed by atoms with Crippen molar-refractivity contribution in [3.8, 4) is 11.4 Å². The second kappa shape index (κ2) is 6.61. The van der Waals surface area contributed by atoms with Crippen LogP contribution in [0.1, 0.15) is 26.2 Å². The Morgan fingerprint density at radius 3 is 2.80 bits per heavy atom. The number of hydrogen-bond donors (Lipinski definition) is 1. The third-order valence-electron chi connectivity index (χ3n) is 3.15. The molecule has 20 heavy (non-hydrogen) atoms. The first-order chi connectivity index (χ1) is 9.58. The first kappa shape index (κ1) is 14.7. The number of rotatable bonds is 6. The van der Waals surface area contributed by atoms with E-state index in [-0.39, 0.29) is 5.82 Å². The van der Waals surface area contributed by atoms with Gasteiger partial charge in [-0.1, -0.05) is 31.1 Å². The monoisotopic (exact) mass is 277 g/mol. The number of nitrogens with two attached hydrogens (primary N) is 1. The molecule has 5 heteroatoms. The fourth-order valence-electron chi connectivity index (χ4n) is 2.26. The van der Waals surface area contributed by atoms with Crippen molar-refractivity contribution in [2.75, 3.05) is 6.54 Å². The first-order valence-electron chi connectivity index (χ1n) is 6.87. The predicted molar refractivity (Wildman–Crippen MR) is 75.4 cm³/mol. The van der Waals surface area contributed by atoms with Crippen LogP contribution in [-0.2, 0) is 6.42 Å². The molecule has 0 bridgehead atoms. The molecule has 1 heterocycles. The van der Waals surface area contributed by atoms with Crippen LogP contribution >= 0.6 is 0 Å². The molecule has 0 saturated carbocycles. The largest absolute Gasteiger partial charge is 0.339 e. The van der Waals surface area contributed by atoms with Crippen LogP contribution in [0.3, 0.4) is 0 Å². The number of benzene rings is 1. The summed E-state index contributed by atoms with van der Waals surface area (Å²) in [6, 6.07) is 6.16. The van der Waals surface area contributed by atoms with E-state index in [9.17, 15) is 4.39 Å². The molecular formula is C15H20FN3O. The van der Waals surface area contributed by atoms with Crippen molar-refractivity contribution in [3.63, 3.8) is 0 Å². The highest BCUT2D eigenvalue weighted by atomic mass is 19.1. The number of halogens is 1. The Labute approximate surface area is 118 Å². The van der Waals surface area contributed by atoms with E-state index < -0.39 is 0 Å². The van der Waals surface area contributed by atoms with Crippen LogP contribution in [0.15, 0.2) is 28.8 Å². The van der Waals surface area contributed by atoms with Gasteiger partial charge in [0.1, 0.15) is 5.82 Å². The Morgan fingerprint density at radius 1 is 1.35 bits per heavy atom. The number of aromatic nitrogens is 2. The minimum atomic E-state index is -0.312.